The molecule has 0 spiro atoms. The fourth-order valence-corrected chi connectivity index (χ4v) is 3.28. The Hall–Kier alpha value is -0.390. The molecule has 0 bridgehead atoms. The molecule has 0 radical (unpaired) electrons. The minimum atomic E-state index is -0.315. The van der Waals surface area contributed by atoms with Crippen LogP contribution in [-0.4, -0.2) is 23.2 Å². The number of aliphatic hydroxyl groups is 1. The molecule has 0 aliphatic heterocycles. The van der Waals surface area contributed by atoms with Gasteiger partial charge in [-0.15, -0.1) is 11.3 Å². The highest BCUT2D eigenvalue weighted by Crippen LogP contribution is 2.40. The molecule has 1 aromatic rings. The Morgan fingerprint density at radius 2 is 2.38 bits per heavy atom. The molecule has 1 amide bonds. The monoisotopic (exact) mass is 303 g/mol. The third kappa shape index (κ3) is 1.92. The number of amides is 1. The smallest absolute Gasteiger partial charge is 0.262 e. The van der Waals surface area contributed by atoms with Crippen LogP contribution < -0.4 is 5.32 Å². The number of halogens is 1. The van der Waals surface area contributed by atoms with Crippen molar-refractivity contribution >= 4 is 33.2 Å². The van der Waals surface area contributed by atoms with Crippen molar-refractivity contribution in [2.75, 3.05) is 0 Å². The van der Waals surface area contributed by atoms with Gasteiger partial charge in [-0.2, -0.15) is 0 Å². The van der Waals surface area contributed by atoms with Gasteiger partial charge in [0.05, 0.1) is 6.10 Å². The van der Waals surface area contributed by atoms with Crippen LogP contribution in [0.5, 0.6) is 0 Å². The normalized spacial score (nSPS) is 27.2. The van der Waals surface area contributed by atoms with Crippen LogP contribution in [0.2, 0.25) is 0 Å². The minimum Gasteiger partial charge on any atom is -0.392 e. The van der Waals surface area contributed by atoms with E-state index < -0.39 is 0 Å². The Balaban J connectivity index is 2.02. The third-order valence-corrected chi connectivity index (χ3v) is 5.18. The maximum atomic E-state index is 11.9. The van der Waals surface area contributed by atoms with Crippen molar-refractivity contribution in [3.63, 3.8) is 0 Å². The van der Waals surface area contributed by atoms with E-state index in [1.54, 1.807) is 0 Å². The van der Waals surface area contributed by atoms with E-state index in [9.17, 15) is 9.90 Å². The highest BCUT2D eigenvalue weighted by atomic mass is 79.9. The van der Waals surface area contributed by atoms with Crippen LogP contribution in [0.4, 0.5) is 0 Å². The second-order valence-corrected chi connectivity index (χ2v) is 6.47. The van der Waals surface area contributed by atoms with E-state index >= 15 is 0 Å². The molecule has 88 valence electrons. The van der Waals surface area contributed by atoms with E-state index in [1.807, 2.05) is 25.3 Å². The number of thiophene rings is 1. The average Bonchev–Trinajstić information content (AvgIpc) is 2.64. The summed E-state index contributed by atoms with van der Waals surface area (Å²) in [6.45, 7) is 3.94. The molecule has 2 rings (SSSR count). The zero-order valence-corrected chi connectivity index (χ0v) is 11.6. The lowest BCUT2D eigenvalue weighted by molar-refractivity contribution is -0.0689. The summed E-state index contributed by atoms with van der Waals surface area (Å²) >= 11 is 4.75. The lowest BCUT2D eigenvalue weighted by Crippen LogP contribution is -2.61. The molecule has 2 N–H and O–H groups in total. The first kappa shape index (κ1) is 12.1. The number of rotatable bonds is 2. The topological polar surface area (TPSA) is 49.3 Å². The van der Waals surface area contributed by atoms with Gasteiger partial charge in [-0.05, 0) is 33.8 Å². The lowest BCUT2D eigenvalue weighted by Gasteiger charge is -2.49. The zero-order valence-electron chi connectivity index (χ0n) is 9.16. The Labute approximate surface area is 107 Å². The van der Waals surface area contributed by atoms with E-state index in [1.165, 1.54) is 11.3 Å². The molecular weight excluding hydrogens is 290 g/mol. The molecule has 16 heavy (non-hydrogen) atoms. The van der Waals surface area contributed by atoms with Crippen LogP contribution in [-0.2, 0) is 0 Å². The van der Waals surface area contributed by atoms with Gasteiger partial charge in [0.2, 0.25) is 0 Å². The van der Waals surface area contributed by atoms with Crippen molar-refractivity contribution in [2.24, 2.45) is 5.41 Å². The molecule has 1 aliphatic rings. The largest absolute Gasteiger partial charge is 0.392 e. The molecule has 1 heterocycles. The summed E-state index contributed by atoms with van der Waals surface area (Å²) in [7, 11) is 0. The van der Waals surface area contributed by atoms with Gasteiger partial charge in [0.25, 0.3) is 5.91 Å². The van der Waals surface area contributed by atoms with Gasteiger partial charge >= 0.3 is 0 Å². The summed E-state index contributed by atoms with van der Waals surface area (Å²) < 4.78 is 0.827. The van der Waals surface area contributed by atoms with Gasteiger partial charge in [-0.3, -0.25) is 4.79 Å². The van der Waals surface area contributed by atoms with Gasteiger partial charge in [-0.25, -0.2) is 0 Å². The zero-order chi connectivity index (χ0) is 11.9. The summed E-state index contributed by atoms with van der Waals surface area (Å²) in [5.74, 6) is -0.0631. The molecule has 3 nitrogen and oxygen atoms in total. The van der Waals surface area contributed by atoms with Crippen molar-refractivity contribution in [1.82, 2.24) is 5.32 Å². The summed E-state index contributed by atoms with van der Waals surface area (Å²) in [6.07, 6.45) is 0.325. The summed E-state index contributed by atoms with van der Waals surface area (Å²) in [5, 5.41) is 14.4. The van der Waals surface area contributed by atoms with Gasteiger partial charge in [0.15, 0.2) is 0 Å². The van der Waals surface area contributed by atoms with Crippen molar-refractivity contribution in [2.45, 2.75) is 32.4 Å². The van der Waals surface area contributed by atoms with E-state index in [0.717, 1.165) is 4.47 Å². The molecule has 2 atom stereocenters. The second kappa shape index (κ2) is 4.13. The summed E-state index contributed by atoms with van der Waals surface area (Å²) in [4.78, 5) is 12.6. The Morgan fingerprint density at radius 1 is 1.69 bits per heavy atom. The minimum absolute atomic E-state index is 0.0593. The summed E-state index contributed by atoms with van der Waals surface area (Å²) in [6, 6.07) is 1.92. The number of hydrogen-bond donors (Lipinski definition) is 2. The van der Waals surface area contributed by atoms with Crippen LogP contribution in [0, 0.1) is 5.41 Å². The van der Waals surface area contributed by atoms with E-state index in [0.29, 0.717) is 11.3 Å². The van der Waals surface area contributed by atoms with Crippen molar-refractivity contribution in [3.8, 4) is 0 Å². The van der Waals surface area contributed by atoms with Gasteiger partial charge in [-0.1, -0.05) is 13.8 Å². The molecule has 1 fully saturated rings. The van der Waals surface area contributed by atoms with Crippen LogP contribution in [0.15, 0.2) is 15.9 Å². The van der Waals surface area contributed by atoms with Crippen molar-refractivity contribution in [1.29, 1.82) is 0 Å². The van der Waals surface area contributed by atoms with Crippen LogP contribution in [0.1, 0.15) is 29.9 Å². The predicted octanol–water partition coefficient (Wildman–Crippen LogP) is 2.40. The number of carbonyl (C=O) groups excluding carboxylic acids is 1. The lowest BCUT2D eigenvalue weighted by atomic mass is 9.64. The highest BCUT2D eigenvalue weighted by molar-refractivity contribution is 9.10. The van der Waals surface area contributed by atoms with Gasteiger partial charge < -0.3 is 10.4 Å². The van der Waals surface area contributed by atoms with E-state index in [-0.39, 0.29) is 23.5 Å². The molecule has 1 aromatic heterocycles. The average molecular weight is 304 g/mol. The highest BCUT2D eigenvalue weighted by Gasteiger charge is 2.48. The predicted molar refractivity (Wildman–Crippen MR) is 67.7 cm³/mol. The van der Waals surface area contributed by atoms with E-state index in [4.69, 9.17) is 0 Å². The van der Waals surface area contributed by atoms with Crippen LogP contribution in [0.25, 0.3) is 0 Å². The molecule has 0 aromatic carbocycles. The fraction of sp³-hybridized carbons (Fsp3) is 0.545. The first-order valence-electron chi connectivity index (χ1n) is 5.15. The first-order valence-corrected chi connectivity index (χ1v) is 6.82. The molecule has 0 saturated heterocycles. The molecule has 0 unspecified atom stereocenters. The summed E-state index contributed by atoms with van der Waals surface area (Å²) in [5.41, 5.74) is -0.223. The Bertz CT molecular complexity index is 416. The van der Waals surface area contributed by atoms with Crippen LogP contribution >= 0.6 is 27.3 Å². The number of nitrogens with one attached hydrogen (secondary N) is 1. The standard InChI is InChI=1S/C11H14BrNO2S/c1-11(2)7(5-8(11)14)13-10(15)9-6(12)3-4-16-9/h3-4,7-8,14H,5H2,1-2H3,(H,13,15)/t7-,8+/m1/s1. The fourth-order valence-electron chi connectivity index (χ4n) is 1.83. The van der Waals surface area contributed by atoms with Crippen LogP contribution in [0.3, 0.4) is 0 Å². The second-order valence-electron chi connectivity index (χ2n) is 4.70. The molecule has 1 aliphatic carbocycles. The van der Waals surface area contributed by atoms with Gasteiger partial charge in [0.1, 0.15) is 4.88 Å². The van der Waals surface area contributed by atoms with Gasteiger partial charge in [0, 0.05) is 15.9 Å². The SMILES string of the molecule is CC1(C)[C@@H](O)C[C@H]1NC(=O)c1sccc1Br. The third-order valence-electron chi connectivity index (χ3n) is 3.34. The molecule has 5 heteroatoms. The maximum absolute atomic E-state index is 11.9. The Kier molecular flexibility index (Phi) is 3.11. The Morgan fingerprint density at radius 3 is 2.81 bits per heavy atom. The molecular formula is C11H14BrNO2S. The van der Waals surface area contributed by atoms with E-state index in [2.05, 4.69) is 21.2 Å². The number of aliphatic hydroxyl groups excluding tert-OH is 1. The number of hydrogen-bond acceptors (Lipinski definition) is 3. The molecule has 1 saturated carbocycles. The van der Waals surface area contributed by atoms with Crippen molar-refractivity contribution < 1.29 is 9.90 Å². The van der Waals surface area contributed by atoms with Crippen molar-refractivity contribution in [3.05, 3.63) is 20.8 Å². The number of carbonyl (C=O) groups is 1. The quantitative estimate of drug-likeness (QED) is 0.881. The maximum Gasteiger partial charge on any atom is 0.262 e. The first-order chi connectivity index (χ1) is 7.43.